The summed E-state index contributed by atoms with van der Waals surface area (Å²) in [5, 5.41) is 5.83. The van der Waals surface area contributed by atoms with E-state index < -0.39 is 15.9 Å². The summed E-state index contributed by atoms with van der Waals surface area (Å²) in [5.74, 6) is -1.15. The molecule has 0 saturated heterocycles. The van der Waals surface area contributed by atoms with Crippen LogP contribution in [0, 0.1) is 0 Å². The van der Waals surface area contributed by atoms with E-state index in [1.165, 1.54) is 23.7 Å². The first-order valence-corrected chi connectivity index (χ1v) is 14.7. The van der Waals surface area contributed by atoms with Crippen molar-refractivity contribution in [2.45, 2.75) is 4.90 Å². The molecule has 0 atom stereocenters. The Hall–Kier alpha value is -1.60. The van der Waals surface area contributed by atoms with Crippen molar-refractivity contribution >= 4 is 60.3 Å². The van der Waals surface area contributed by atoms with Crippen molar-refractivity contribution < 1.29 is 151 Å². The van der Waals surface area contributed by atoms with Gasteiger partial charge >= 0.3 is 118 Å². The maximum atomic E-state index is 11.1. The topological polar surface area (TPSA) is 188 Å². The Bertz CT molecular complexity index is 2160. The molecule has 4 heterocycles. The number of carbonyl (C=O) groups excluding carboxylic acids is 3. The summed E-state index contributed by atoms with van der Waals surface area (Å²) in [6.45, 7) is 0. The van der Waals surface area contributed by atoms with E-state index in [1.54, 1.807) is 54.6 Å². The number of sulfonamides is 1. The van der Waals surface area contributed by atoms with Crippen LogP contribution in [-0.2, 0) is 10.0 Å². The van der Waals surface area contributed by atoms with Gasteiger partial charge in [0.15, 0.2) is 5.58 Å². The molecule has 4 N–H and O–H groups in total. The van der Waals surface area contributed by atoms with Crippen molar-refractivity contribution in [2.75, 3.05) is 0 Å². The number of hydrogen-bond acceptors (Lipinski definition) is 9. The Morgan fingerprint density at radius 2 is 1.09 bits per heavy atom. The molecule has 0 aliphatic carbocycles. The molecule has 12 nitrogen and oxygen atoms in total. The molecule has 0 radical (unpaired) electrons. The molecule has 0 saturated carbocycles. The van der Waals surface area contributed by atoms with Crippen molar-refractivity contribution in [1.29, 1.82) is 0 Å². The largest absolute Gasteiger partial charge is 1.00 e. The second kappa shape index (κ2) is 19.6. The standard InChI is InChI=1S/C8H5NO2.C7H5NO3S.C7H5NO2.C7H5NOS.4Na.4H/c10-7-5-3-1-2-4-6(5)8(11)9-7;9-7-5-3-1-2-4-6(5)12(10,11)8-7;2*9-7-5-3-1-2-4-6(5)10-8-7;;;;;;;;/h1-4H,(H,9,10,11);1-4H,(H,8,9);2*1-4H,(H,8,9);;;;;;;;/q;;;;4*+1;4*-1. The van der Waals surface area contributed by atoms with Crippen LogP contribution >= 0.6 is 11.5 Å². The van der Waals surface area contributed by atoms with E-state index in [4.69, 9.17) is 4.52 Å². The molecule has 2 aromatic heterocycles. The minimum absolute atomic E-state index is 0. The van der Waals surface area contributed by atoms with E-state index in [9.17, 15) is 32.4 Å². The number of aromatic amines is 2. The van der Waals surface area contributed by atoms with Crippen LogP contribution in [0.2, 0.25) is 0 Å². The third-order valence-corrected chi connectivity index (χ3v) is 8.31. The molecule has 0 fully saturated rings. The van der Waals surface area contributed by atoms with Crippen LogP contribution in [0.25, 0.3) is 21.1 Å². The number of para-hydroxylation sites is 1. The number of hydrogen-bond donors (Lipinski definition) is 4. The Kier molecular flexibility index (Phi) is 18.1. The summed E-state index contributed by atoms with van der Waals surface area (Å²) >= 11 is 1.38. The molecule has 6 aromatic rings. The average Bonchev–Trinajstić information content (AvgIpc) is 3.74. The third-order valence-electron chi connectivity index (χ3n) is 6.06. The third kappa shape index (κ3) is 10.4. The van der Waals surface area contributed by atoms with Crippen LogP contribution < -0.4 is 139 Å². The van der Waals surface area contributed by atoms with Gasteiger partial charge in [0.25, 0.3) is 38.9 Å². The van der Waals surface area contributed by atoms with Crippen molar-refractivity contribution in [2.24, 2.45) is 0 Å². The quantitative estimate of drug-likeness (QED) is 0.0883. The van der Waals surface area contributed by atoms with Gasteiger partial charge in [0.1, 0.15) is 4.90 Å². The summed E-state index contributed by atoms with van der Waals surface area (Å²) < 4.78 is 32.6. The molecule has 2 aliphatic heterocycles. The van der Waals surface area contributed by atoms with E-state index in [1.807, 2.05) is 35.1 Å². The molecule has 3 amide bonds. The zero-order valence-corrected chi connectivity index (χ0v) is 35.5. The molecule has 224 valence electrons. The van der Waals surface area contributed by atoms with Gasteiger partial charge < -0.3 is 10.2 Å². The van der Waals surface area contributed by atoms with Gasteiger partial charge in [-0.2, -0.15) is 5.16 Å². The Morgan fingerprint density at radius 3 is 1.66 bits per heavy atom. The van der Waals surface area contributed by atoms with Crippen molar-refractivity contribution in [3.05, 3.63) is 134 Å². The summed E-state index contributed by atoms with van der Waals surface area (Å²) in [7, 11) is -3.55. The number of H-pyrrole nitrogens is 2. The number of rotatable bonds is 0. The normalized spacial score (nSPS) is 12.6. The number of benzene rings is 4. The summed E-state index contributed by atoms with van der Waals surface area (Å²) in [6.07, 6.45) is 0. The molecule has 0 unspecified atom stereocenters. The van der Waals surface area contributed by atoms with Gasteiger partial charge in [0.05, 0.1) is 32.2 Å². The number of imide groups is 1. The zero-order valence-electron chi connectivity index (χ0n) is 29.8. The molecule has 2 aliphatic rings. The van der Waals surface area contributed by atoms with E-state index in [-0.39, 0.29) is 157 Å². The first-order valence-electron chi connectivity index (χ1n) is 12.4. The second-order valence-electron chi connectivity index (χ2n) is 8.82. The van der Waals surface area contributed by atoms with Crippen LogP contribution in [0.15, 0.2) is 116 Å². The van der Waals surface area contributed by atoms with Gasteiger partial charge in [-0.1, -0.05) is 60.1 Å². The van der Waals surface area contributed by atoms with Gasteiger partial charge in [-0.25, -0.2) is 13.1 Å². The Labute approximate surface area is 365 Å². The molecule has 0 spiro atoms. The van der Waals surface area contributed by atoms with E-state index in [2.05, 4.69) is 14.8 Å². The number of aromatic nitrogens is 2. The van der Waals surface area contributed by atoms with Crippen molar-refractivity contribution in [3.8, 4) is 0 Å². The van der Waals surface area contributed by atoms with E-state index in [0.29, 0.717) is 22.1 Å². The molecule has 0 bridgehead atoms. The van der Waals surface area contributed by atoms with Crippen molar-refractivity contribution in [3.63, 3.8) is 0 Å². The predicted molar refractivity (Wildman–Crippen MR) is 163 cm³/mol. The minimum atomic E-state index is -3.55. The molecule has 4 aromatic carbocycles. The van der Waals surface area contributed by atoms with Gasteiger partial charge in [-0.15, -0.1) is 0 Å². The summed E-state index contributed by atoms with van der Waals surface area (Å²) in [5.41, 5.74) is 1.61. The van der Waals surface area contributed by atoms with Gasteiger partial charge in [0, 0.05) is 0 Å². The average molecular weight is 713 g/mol. The zero-order chi connectivity index (χ0) is 30.6. The molecular weight excluding hydrogens is 688 g/mol. The summed E-state index contributed by atoms with van der Waals surface area (Å²) in [4.78, 5) is 54.7. The van der Waals surface area contributed by atoms with Crippen LogP contribution in [0.1, 0.15) is 36.8 Å². The Balaban J connectivity index is -0.000000275. The number of amides is 3. The monoisotopic (exact) mass is 712 g/mol. The van der Waals surface area contributed by atoms with Gasteiger partial charge in [-0.3, -0.25) is 33.7 Å². The van der Waals surface area contributed by atoms with Gasteiger partial charge in [0.2, 0.25) is 0 Å². The number of fused-ring (bicyclic) bond motifs is 4. The fourth-order valence-corrected chi connectivity index (χ4v) is 5.94. The molecular formula is C29H24N4Na4O8S2. The Morgan fingerprint density at radius 1 is 0.574 bits per heavy atom. The van der Waals surface area contributed by atoms with Crippen LogP contribution in [0.5, 0.6) is 0 Å². The number of nitrogens with one attached hydrogen (secondary N) is 4. The predicted octanol–water partition coefficient (Wildman–Crippen LogP) is -8.13. The fraction of sp³-hybridized carbons (Fsp3) is 0. The van der Waals surface area contributed by atoms with E-state index in [0.717, 1.165) is 10.1 Å². The smallest absolute Gasteiger partial charge is 1.00 e. The molecule has 8 rings (SSSR count). The maximum Gasteiger partial charge on any atom is 1.00 e. The van der Waals surface area contributed by atoms with Crippen molar-refractivity contribution in [1.82, 2.24) is 19.6 Å². The molecule has 18 heteroatoms. The number of carbonyl (C=O) groups is 3. The fourth-order valence-electron chi connectivity index (χ4n) is 4.04. The first-order chi connectivity index (χ1) is 20.7. The first kappa shape index (κ1) is 43.4. The summed E-state index contributed by atoms with van der Waals surface area (Å²) in [6, 6.07) is 27.4. The maximum absolute atomic E-state index is 11.1. The molecule has 47 heavy (non-hydrogen) atoms. The minimum Gasteiger partial charge on any atom is -1.00 e. The van der Waals surface area contributed by atoms with Crippen LogP contribution in [0.3, 0.4) is 0 Å². The van der Waals surface area contributed by atoms with E-state index >= 15 is 0 Å². The van der Waals surface area contributed by atoms with Crippen LogP contribution in [0.4, 0.5) is 0 Å². The van der Waals surface area contributed by atoms with Gasteiger partial charge in [-0.05, 0) is 48.5 Å². The SMILES string of the molecule is O=C1NC(=O)c2ccccc21.O=C1NS(=O)(=O)c2ccccc21.O=c1[nH]oc2ccccc12.O=c1[nH]sc2ccccc12.[H-].[H-].[H-].[H-].[Na+].[Na+].[Na+].[Na+]. The second-order valence-corrected chi connectivity index (χ2v) is 11.3. The van der Waals surface area contributed by atoms with Crippen LogP contribution in [-0.4, -0.2) is 35.7 Å².